The minimum atomic E-state index is 0.374. The van der Waals surface area contributed by atoms with E-state index < -0.39 is 0 Å². The van der Waals surface area contributed by atoms with Crippen LogP contribution in [0.25, 0.3) is 22.6 Å². The Bertz CT molecular complexity index is 717. The fourth-order valence-corrected chi connectivity index (χ4v) is 2.34. The van der Waals surface area contributed by atoms with Crippen molar-refractivity contribution in [2.45, 2.75) is 0 Å². The standard InChI is InChI=1S/C13H8Cl2N2O/c14-7-3-1-4-8(15)11(7)13-17-12-9(16)5-2-6-10(12)18-13/h1-6H,16H2. The van der Waals surface area contributed by atoms with E-state index in [1.54, 1.807) is 36.4 Å². The van der Waals surface area contributed by atoms with E-state index in [1.807, 2.05) is 0 Å². The summed E-state index contributed by atoms with van der Waals surface area (Å²) in [7, 11) is 0. The van der Waals surface area contributed by atoms with E-state index in [4.69, 9.17) is 33.4 Å². The molecule has 0 aliphatic heterocycles. The number of oxazole rings is 1. The van der Waals surface area contributed by atoms with Crippen molar-refractivity contribution in [3.63, 3.8) is 0 Å². The van der Waals surface area contributed by atoms with Gasteiger partial charge in [-0.3, -0.25) is 0 Å². The molecule has 0 amide bonds. The molecule has 0 spiro atoms. The molecule has 3 nitrogen and oxygen atoms in total. The number of aromatic nitrogens is 1. The van der Waals surface area contributed by atoms with Gasteiger partial charge in [0.15, 0.2) is 5.58 Å². The van der Waals surface area contributed by atoms with Gasteiger partial charge in [-0.15, -0.1) is 0 Å². The van der Waals surface area contributed by atoms with Crippen LogP contribution in [0.1, 0.15) is 0 Å². The molecule has 18 heavy (non-hydrogen) atoms. The summed E-state index contributed by atoms with van der Waals surface area (Å²) in [6.45, 7) is 0. The number of halogens is 2. The van der Waals surface area contributed by atoms with Crippen molar-refractivity contribution in [2.75, 3.05) is 5.73 Å². The van der Waals surface area contributed by atoms with Crippen LogP contribution in [-0.2, 0) is 0 Å². The van der Waals surface area contributed by atoms with E-state index in [2.05, 4.69) is 4.98 Å². The molecule has 1 heterocycles. The Morgan fingerprint density at radius 2 is 1.67 bits per heavy atom. The van der Waals surface area contributed by atoms with Crippen LogP contribution in [0.15, 0.2) is 40.8 Å². The van der Waals surface area contributed by atoms with Crippen LogP contribution in [0.3, 0.4) is 0 Å². The Balaban J connectivity index is 2.30. The molecule has 3 rings (SSSR count). The highest BCUT2D eigenvalue weighted by molar-refractivity contribution is 6.38. The van der Waals surface area contributed by atoms with Gasteiger partial charge in [0.05, 0.1) is 21.3 Å². The summed E-state index contributed by atoms with van der Waals surface area (Å²) in [5, 5.41) is 0.986. The fourth-order valence-electron chi connectivity index (χ4n) is 1.78. The summed E-state index contributed by atoms with van der Waals surface area (Å²) in [6.07, 6.45) is 0. The van der Waals surface area contributed by atoms with Gasteiger partial charge in [-0.2, -0.15) is 0 Å². The molecule has 0 unspecified atom stereocenters. The van der Waals surface area contributed by atoms with Crippen molar-refractivity contribution in [3.05, 3.63) is 46.4 Å². The molecule has 0 aliphatic rings. The smallest absolute Gasteiger partial charge is 0.230 e. The molecular formula is C13H8Cl2N2O. The van der Waals surface area contributed by atoms with Crippen molar-refractivity contribution in [2.24, 2.45) is 0 Å². The van der Waals surface area contributed by atoms with Gasteiger partial charge in [-0.1, -0.05) is 35.3 Å². The van der Waals surface area contributed by atoms with Gasteiger partial charge in [-0.05, 0) is 24.3 Å². The first-order chi connectivity index (χ1) is 8.66. The Morgan fingerprint density at radius 3 is 2.33 bits per heavy atom. The maximum Gasteiger partial charge on any atom is 0.230 e. The Hall–Kier alpha value is -1.71. The second-order valence-corrected chi connectivity index (χ2v) is 4.62. The average molecular weight is 279 g/mol. The topological polar surface area (TPSA) is 52.0 Å². The highest BCUT2D eigenvalue weighted by atomic mass is 35.5. The van der Waals surface area contributed by atoms with Crippen molar-refractivity contribution in [3.8, 4) is 11.5 Å². The number of anilines is 1. The molecule has 2 N–H and O–H groups in total. The van der Waals surface area contributed by atoms with Gasteiger partial charge < -0.3 is 10.2 Å². The molecule has 0 saturated heterocycles. The Kier molecular flexibility index (Phi) is 2.65. The lowest BCUT2D eigenvalue weighted by Gasteiger charge is -2.01. The van der Waals surface area contributed by atoms with Crippen LogP contribution in [0.2, 0.25) is 10.0 Å². The molecule has 0 aliphatic carbocycles. The number of nitrogen functional groups attached to an aromatic ring is 1. The highest BCUT2D eigenvalue weighted by Gasteiger charge is 2.15. The Labute approximate surface area is 113 Å². The molecule has 0 atom stereocenters. The first kappa shape index (κ1) is 11.4. The summed E-state index contributed by atoms with van der Waals surface area (Å²) < 4.78 is 5.64. The SMILES string of the molecule is Nc1cccc2oc(-c3c(Cl)cccc3Cl)nc12. The minimum absolute atomic E-state index is 0.374. The van der Waals surface area contributed by atoms with E-state index in [1.165, 1.54) is 0 Å². The lowest BCUT2D eigenvalue weighted by atomic mass is 10.2. The molecule has 2 aromatic carbocycles. The number of benzene rings is 2. The third kappa shape index (κ3) is 1.72. The predicted molar refractivity (Wildman–Crippen MR) is 73.9 cm³/mol. The largest absolute Gasteiger partial charge is 0.436 e. The number of fused-ring (bicyclic) bond motifs is 1. The average Bonchev–Trinajstić information content (AvgIpc) is 2.74. The zero-order valence-corrected chi connectivity index (χ0v) is 10.7. The maximum absolute atomic E-state index is 6.12. The minimum Gasteiger partial charge on any atom is -0.436 e. The maximum atomic E-state index is 6.12. The van der Waals surface area contributed by atoms with Crippen LogP contribution >= 0.6 is 23.2 Å². The third-order valence-electron chi connectivity index (χ3n) is 2.63. The van der Waals surface area contributed by atoms with Gasteiger partial charge >= 0.3 is 0 Å². The van der Waals surface area contributed by atoms with Gasteiger partial charge in [0, 0.05) is 0 Å². The van der Waals surface area contributed by atoms with Gasteiger partial charge in [0.25, 0.3) is 0 Å². The van der Waals surface area contributed by atoms with Crippen molar-refractivity contribution in [1.29, 1.82) is 0 Å². The molecule has 90 valence electrons. The van der Waals surface area contributed by atoms with Crippen molar-refractivity contribution >= 4 is 40.0 Å². The van der Waals surface area contributed by atoms with E-state index in [0.717, 1.165) is 0 Å². The van der Waals surface area contributed by atoms with Gasteiger partial charge in [-0.25, -0.2) is 4.98 Å². The number of para-hydroxylation sites is 1. The number of rotatable bonds is 1. The molecule has 0 fully saturated rings. The van der Waals surface area contributed by atoms with Gasteiger partial charge in [0.2, 0.25) is 5.89 Å². The number of hydrogen-bond acceptors (Lipinski definition) is 3. The summed E-state index contributed by atoms with van der Waals surface area (Å²) in [4.78, 5) is 4.34. The summed E-state index contributed by atoms with van der Waals surface area (Å²) >= 11 is 12.2. The highest BCUT2D eigenvalue weighted by Crippen LogP contribution is 2.36. The second kappa shape index (κ2) is 4.19. The van der Waals surface area contributed by atoms with Crippen LogP contribution < -0.4 is 5.73 Å². The van der Waals surface area contributed by atoms with Crippen molar-refractivity contribution < 1.29 is 4.42 Å². The lowest BCUT2D eigenvalue weighted by molar-refractivity contribution is 0.620. The number of nitrogens with two attached hydrogens (primary N) is 1. The molecule has 0 saturated carbocycles. The van der Waals surface area contributed by atoms with Crippen LogP contribution in [-0.4, -0.2) is 4.98 Å². The zero-order chi connectivity index (χ0) is 12.7. The predicted octanol–water partition coefficient (Wildman–Crippen LogP) is 4.38. The van der Waals surface area contributed by atoms with E-state index in [-0.39, 0.29) is 0 Å². The second-order valence-electron chi connectivity index (χ2n) is 3.81. The molecule has 1 aromatic heterocycles. The summed E-state index contributed by atoms with van der Waals surface area (Å²) in [5.74, 6) is 0.374. The van der Waals surface area contributed by atoms with Crippen LogP contribution in [0.5, 0.6) is 0 Å². The van der Waals surface area contributed by atoms with Crippen LogP contribution in [0.4, 0.5) is 5.69 Å². The molecular weight excluding hydrogens is 271 g/mol. The molecule has 0 bridgehead atoms. The summed E-state index contributed by atoms with van der Waals surface area (Å²) in [6, 6.07) is 10.6. The normalized spacial score (nSPS) is 11.0. The molecule has 0 radical (unpaired) electrons. The number of hydrogen-bond donors (Lipinski definition) is 1. The first-order valence-corrected chi connectivity index (χ1v) is 6.02. The lowest BCUT2D eigenvalue weighted by Crippen LogP contribution is -1.85. The molecule has 3 aromatic rings. The monoisotopic (exact) mass is 278 g/mol. The zero-order valence-electron chi connectivity index (χ0n) is 9.15. The Morgan fingerprint density at radius 1 is 1.00 bits per heavy atom. The first-order valence-electron chi connectivity index (χ1n) is 5.26. The van der Waals surface area contributed by atoms with E-state index in [9.17, 15) is 0 Å². The summed E-state index contributed by atoms with van der Waals surface area (Å²) in [5.41, 5.74) is 8.20. The van der Waals surface area contributed by atoms with E-state index >= 15 is 0 Å². The fraction of sp³-hybridized carbons (Fsp3) is 0. The third-order valence-corrected chi connectivity index (χ3v) is 3.26. The number of nitrogens with zero attached hydrogens (tertiary/aromatic N) is 1. The van der Waals surface area contributed by atoms with E-state index in [0.29, 0.717) is 38.3 Å². The van der Waals surface area contributed by atoms with Gasteiger partial charge in [0.1, 0.15) is 5.52 Å². The van der Waals surface area contributed by atoms with Crippen molar-refractivity contribution in [1.82, 2.24) is 4.98 Å². The molecule has 5 heteroatoms. The van der Waals surface area contributed by atoms with Crippen LogP contribution in [0, 0.1) is 0 Å². The quantitative estimate of drug-likeness (QED) is 0.672.